The Hall–Kier alpha value is -3.40. The molecule has 0 radical (unpaired) electrons. The number of aromatic nitrogens is 2. The topological polar surface area (TPSA) is 159 Å². The molecule has 1 aromatic heterocycles. The number of aliphatic carboxylic acids is 1. The first kappa shape index (κ1) is 22.9. The average Bonchev–Trinajstić information content (AvgIpc) is 3.23. The Balaban J connectivity index is 2.26. The molecule has 1 heterocycles. The van der Waals surface area contributed by atoms with Gasteiger partial charge in [-0.2, -0.15) is 0 Å². The molecule has 2 aromatic rings. The lowest BCUT2D eigenvalue weighted by atomic mass is 9.99. The first-order chi connectivity index (χ1) is 14.2. The molecule has 0 fully saturated rings. The van der Waals surface area contributed by atoms with Crippen molar-refractivity contribution in [2.45, 2.75) is 45.9 Å². The monoisotopic (exact) mass is 417 g/mol. The fraction of sp³-hybridized carbons (Fsp3) is 0.400. The number of imidazole rings is 1. The Morgan fingerprint density at radius 1 is 1.30 bits per heavy atom. The number of hydrogen-bond acceptors (Lipinski definition) is 6. The molecule has 3 atom stereocenters. The van der Waals surface area contributed by atoms with E-state index in [1.54, 1.807) is 20.0 Å². The predicted octanol–water partition coefficient (Wildman–Crippen LogP) is 1.50. The summed E-state index contributed by atoms with van der Waals surface area (Å²) in [6, 6.07) is 2.67. The minimum absolute atomic E-state index is 0.122. The number of benzene rings is 1. The van der Waals surface area contributed by atoms with E-state index in [1.807, 2.05) is 6.92 Å². The summed E-state index contributed by atoms with van der Waals surface area (Å²) >= 11 is 0. The largest absolute Gasteiger partial charge is 0.485 e. The van der Waals surface area contributed by atoms with Gasteiger partial charge in [0.15, 0.2) is 0 Å². The second-order valence-corrected chi connectivity index (χ2v) is 7.03. The highest BCUT2D eigenvalue weighted by molar-refractivity contribution is 5.99. The Bertz CT molecular complexity index is 882. The molecule has 30 heavy (non-hydrogen) atoms. The van der Waals surface area contributed by atoms with E-state index in [0.29, 0.717) is 17.8 Å². The van der Waals surface area contributed by atoms with Gasteiger partial charge >= 0.3 is 5.97 Å². The summed E-state index contributed by atoms with van der Waals surface area (Å²) in [5.41, 5.74) is 6.83. The van der Waals surface area contributed by atoms with Crippen molar-refractivity contribution in [2.24, 2.45) is 11.7 Å². The van der Waals surface area contributed by atoms with Crippen LogP contribution in [0.5, 0.6) is 5.75 Å². The molecule has 10 nitrogen and oxygen atoms in total. The highest BCUT2D eigenvalue weighted by Crippen LogP contribution is 2.27. The van der Waals surface area contributed by atoms with E-state index >= 15 is 0 Å². The number of aromatic amines is 1. The van der Waals surface area contributed by atoms with Crippen molar-refractivity contribution >= 4 is 23.5 Å². The second-order valence-electron chi connectivity index (χ2n) is 7.03. The third-order valence-corrected chi connectivity index (χ3v) is 4.62. The molecule has 0 aliphatic heterocycles. The highest BCUT2D eigenvalue weighted by atomic mass is 16.5. The van der Waals surface area contributed by atoms with Crippen LogP contribution in [0.1, 0.15) is 43.2 Å². The number of carbonyl (C=O) groups excluding carboxylic acids is 2. The molecule has 0 spiro atoms. The third kappa shape index (κ3) is 6.05. The van der Waals surface area contributed by atoms with E-state index in [0.717, 1.165) is 0 Å². The maximum Gasteiger partial charge on any atom is 0.326 e. The van der Waals surface area contributed by atoms with E-state index in [9.17, 15) is 19.5 Å². The van der Waals surface area contributed by atoms with E-state index in [1.165, 1.54) is 24.5 Å². The number of anilines is 1. The van der Waals surface area contributed by atoms with E-state index in [2.05, 4.69) is 20.6 Å². The van der Waals surface area contributed by atoms with Gasteiger partial charge in [-0.15, -0.1) is 0 Å². The maximum atomic E-state index is 12.7. The van der Waals surface area contributed by atoms with Crippen molar-refractivity contribution in [3.8, 4) is 5.75 Å². The van der Waals surface area contributed by atoms with Crippen LogP contribution in [0, 0.1) is 5.92 Å². The number of carboxylic acids is 1. The van der Waals surface area contributed by atoms with Crippen LogP contribution in [0.4, 0.5) is 5.69 Å². The lowest BCUT2D eigenvalue weighted by Crippen LogP contribution is -2.45. The number of nitrogens with one attached hydrogen (secondary N) is 3. The number of amides is 2. The van der Waals surface area contributed by atoms with Crippen LogP contribution in [0.3, 0.4) is 0 Å². The Morgan fingerprint density at radius 3 is 2.60 bits per heavy atom. The number of carbonyl (C=O) groups is 3. The third-order valence-electron chi connectivity index (χ3n) is 4.62. The molecular formula is C20H27N5O5. The van der Waals surface area contributed by atoms with E-state index in [-0.39, 0.29) is 23.8 Å². The van der Waals surface area contributed by atoms with Gasteiger partial charge in [-0.05, 0) is 31.0 Å². The van der Waals surface area contributed by atoms with Crippen molar-refractivity contribution in [3.05, 3.63) is 42.0 Å². The molecule has 10 heteroatoms. The summed E-state index contributed by atoms with van der Waals surface area (Å²) in [4.78, 5) is 42.9. The number of carboxylic acid groups (broad SMARTS) is 1. The van der Waals surface area contributed by atoms with Crippen molar-refractivity contribution in [2.75, 3.05) is 5.32 Å². The molecule has 0 aliphatic carbocycles. The first-order valence-corrected chi connectivity index (χ1v) is 9.57. The fourth-order valence-corrected chi connectivity index (χ4v) is 2.56. The molecule has 1 aromatic carbocycles. The number of ether oxygens (including phenoxy) is 1. The Morgan fingerprint density at radius 2 is 2.03 bits per heavy atom. The standard InChI is InChI=1S/C20H27N5O5/c1-4-11(2)17(20(28)29)25-19(27)13-5-6-15(24-18(26)12(3)21)16(7-13)30-9-14-8-22-10-23-14/h5-8,10-12,17H,4,9,21H2,1-3H3,(H,22,23)(H,24,26)(H,25,27)(H,28,29)/t11-,12-,17-/m0/s1. The number of H-pyrrole nitrogens is 1. The van der Waals surface area contributed by atoms with Gasteiger partial charge in [0.1, 0.15) is 18.4 Å². The minimum atomic E-state index is -1.10. The minimum Gasteiger partial charge on any atom is -0.485 e. The molecule has 0 unspecified atom stereocenters. The SMILES string of the molecule is CC[C@H](C)[C@H](NC(=O)c1ccc(NC(=O)[C@H](C)N)c(OCc2cnc[nH]2)c1)C(=O)O. The molecule has 0 bridgehead atoms. The Labute approximate surface area is 174 Å². The summed E-state index contributed by atoms with van der Waals surface area (Å²) in [6.07, 6.45) is 3.68. The molecule has 0 saturated heterocycles. The van der Waals surface area contributed by atoms with Crippen LogP contribution in [0.2, 0.25) is 0 Å². The molecule has 6 N–H and O–H groups in total. The van der Waals surface area contributed by atoms with Gasteiger partial charge in [0, 0.05) is 5.56 Å². The summed E-state index contributed by atoms with van der Waals surface area (Å²) in [7, 11) is 0. The number of nitrogens with zero attached hydrogens (tertiary/aromatic N) is 1. The van der Waals surface area contributed by atoms with Crippen molar-refractivity contribution in [1.29, 1.82) is 0 Å². The summed E-state index contributed by atoms with van der Waals surface area (Å²) < 4.78 is 5.75. The van der Waals surface area contributed by atoms with Crippen LogP contribution in [-0.4, -0.2) is 44.9 Å². The quantitative estimate of drug-likeness (QED) is 0.391. The van der Waals surface area contributed by atoms with Gasteiger partial charge in [-0.3, -0.25) is 9.59 Å². The first-order valence-electron chi connectivity index (χ1n) is 9.57. The second kappa shape index (κ2) is 10.4. The molecule has 0 saturated carbocycles. The van der Waals surface area contributed by atoms with Crippen LogP contribution < -0.4 is 21.1 Å². The zero-order chi connectivity index (χ0) is 22.3. The van der Waals surface area contributed by atoms with Gasteiger partial charge < -0.3 is 31.2 Å². The van der Waals surface area contributed by atoms with Crippen molar-refractivity contribution < 1.29 is 24.2 Å². The predicted molar refractivity (Wildman–Crippen MR) is 110 cm³/mol. The zero-order valence-corrected chi connectivity index (χ0v) is 17.1. The normalized spacial score (nSPS) is 13.7. The summed E-state index contributed by atoms with van der Waals surface area (Å²) in [5, 5.41) is 14.6. The number of rotatable bonds is 10. The summed E-state index contributed by atoms with van der Waals surface area (Å²) in [5.74, 6) is -2.08. The fourth-order valence-electron chi connectivity index (χ4n) is 2.56. The van der Waals surface area contributed by atoms with Gasteiger partial charge in [-0.25, -0.2) is 9.78 Å². The molecule has 2 amide bonds. The van der Waals surface area contributed by atoms with Crippen LogP contribution in [0.15, 0.2) is 30.7 Å². The maximum absolute atomic E-state index is 12.7. The van der Waals surface area contributed by atoms with Gasteiger partial charge in [-0.1, -0.05) is 20.3 Å². The lowest BCUT2D eigenvalue weighted by molar-refractivity contribution is -0.140. The van der Waals surface area contributed by atoms with Gasteiger partial charge in [0.05, 0.1) is 29.9 Å². The van der Waals surface area contributed by atoms with Gasteiger partial charge in [0.25, 0.3) is 5.91 Å². The zero-order valence-electron chi connectivity index (χ0n) is 17.1. The number of hydrogen-bond donors (Lipinski definition) is 5. The Kier molecular flexibility index (Phi) is 7.93. The lowest BCUT2D eigenvalue weighted by Gasteiger charge is -2.20. The highest BCUT2D eigenvalue weighted by Gasteiger charge is 2.26. The molecule has 2 rings (SSSR count). The van der Waals surface area contributed by atoms with Gasteiger partial charge in [0.2, 0.25) is 5.91 Å². The molecule has 162 valence electrons. The van der Waals surface area contributed by atoms with Crippen LogP contribution >= 0.6 is 0 Å². The smallest absolute Gasteiger partial charge is 0.326 e. The average molecular weight is 417 g/mol. The van der Waals surface area contributed by atoms with Crippen LogP contribution in [0.25, 0.3) is 0 Å². The number of nitrogens with two attached hydrogens (primary N) is 1. The molecular weight excluding hydrogens is 390 g/mol. The van der Waals surface area contributed by atoms with Crippen molar-refractivity contribution in [1.82, 2.24) is 15.3 Å². The van der Waals surface area contributed by atoms with E-state index < -0.39 is 29.9 Å². The summed E-state index contributed by atoms with van der Waals surface area (Å²) in [6.45, 7) is 5.27. The van der Waals surface area contributed by atoms with Crippen LogP contribution in [-0.2, 0) is 16.2 Å². The van der Waals surface area contributed by atoms with E-state index in [4.69, 9.17) is 10.5 Å². The molecule has 0 aliphatic rings. The van der Waals surface area contributed by atoms with Crippen molar-refractivity contribution in [3.63, 3.8) is 0 Å².